The summed E-state index contributed by atoms with van der Waals surface area (Å²) in [4.78, 5) is 27.7. The van der Waals surface area contributed by atoms with Crippen molar-refractivity contribution in [1.29, 1.82) is 0 Å². The summed E-state index contributed by atoms with van der Waals surface area (Å²) in [6.07, 6.45) is 0.772. The molecule has 0 aromatic heterocycles. The van der Waals surface area contributed by atoms with Gasteiger partial charge >= 0.3 is 11.9 Å². The van der Waals surface area contributed by atoms with Gasteiger partial charge in [-0.1, -0.05) is 71.8 Å². The summed E-state index contributed by atoms with van der Waals surface area (Å²) < 4.78 is 23.7. The number of ether oxygens (including phenoxy) is 4. The van der Waals surface area contributed by atoms with E-state index in [0.717, 1.165) is 37.6 Å². The molecule has 1 saturated carbocycles. The zero-order valence-corrected chi connectivity index (χ0v) is 20.8. The molecule has 2 aromatic carbocycles. The lowest BCUT2D eigenvalue weighted by Gasteiger charge is -2.52. The number of benzene rings is 2. The predicted octanol–water partition coefficient (Wildman–Crippen LogP) is 4.33. The van der Waals surface area contributed by atoms with Crippen LogP contribution in [0.3, 0.4) is 0 Å². The summed E-state index contributed by atoms with van der Waals surface area (Å²) in [6.45, 7) is 3.32. The monoisotopic (exact) mass is 500 g/mol. The minimum absolute atomic E-state index is 0.142. The second-order valence-electron chi connectivity index (χ2n) is 11.4. The van der Waals surface area contributed by atoms with E-state index in [-0.39, 0.29) is 13.2 Å². The Balaban J connectivity index is 1.19. The van der Waals surface area contributed by atoms with E-state index in [4.69, 9.17) is 18.9 Å². The van der Waals surface area contributed by atoms with Crippen LogP contribution in [0.2, 0.25) is 0 Å². The van der Waals surface area contributed by atoms with Crippen LogP contribution in [0.4, 0.5) is 0 Å². The Labute approximate surface area is 216 Å². The maximum atomic E-state index is 13.9. The first kappa shape index (κ1) is 23.2. The van der Waals surface area contributed by atoms with E-state index in [2.05, 4.69) is 0 Å². The molecular weight excluding hydrogens is 468 g/mol. The van der Waals surface area contributed by atoms with Gasteiger partial charge in [0.25, 0.3) is 0 Å². The summed E-state index contributed by atoms with van der Waals surface area (Å²) in [7, 11) is 0. The van der Waals surface area contributed by atoms with Gasteiger partial charge in [-0.05, 0) is 59.5 Å². The van der Waals surface area contributed by atoms with E-state index < -0.39 is 17.4 Å². The molecule has 2 saturated heterocycles. The summed E-state index contributed by atoms with van der Waals surface area (Å²) in [6, 6.07) is 19.2. The Morgan fingerprint density at radius 1 is 0.649 bits per heavy atom. The molecular formula is C31H32O6. The molecule has 37 heavy (non-hydrogen) atoms. The van der Waals surface area contributed by atoms with E-state index in [1.807, 2.05) is 60.7 Å². The summed E-state index contributed by atoms with van der Waals surface area (Å²) in [5, 5.41) is 0. The average Bonchev–Trinajstić information content (AvgIpc) is 3.70. The van der Waals surface area contributed by atoms with Gasteiger partial charge in [0.05, 0.1) is 26.4 Å². The molecule has 0 amide bonds. The molecule has 2 aliphatic heterocycles. The van der Waals surface area contributed by atoms with Crippen molar-refractivity contribution in [3.05, 3.63) is 82.9 Å². The van der Waals surface area contributed by atoms with Crippen molar-refractivity contribution < 1.29 is 28.5 Å². The average molecular weight is 501 g/mol. The molecule has 2 heterocycles. The summed E-state index contributed by atoms with van der Waals surface area (Å²) in [5.41, 5.74) is 3.05. The van der Waals surface area contributed by atoms with Crippen LogP contribution in [-0.4, -0.2) is 38.4 Å². The molecule has 3 fully saturated rings. The second-order valence-corrected chi connectivity index (χ2v) is 11.4. The van der Waals surface area contributed by atoms with E-state index >= 15 is 0 Å². The standard InChI is InChI=1S/C31H32O6/c32-29(36-13-19-7-3-1-4-8-19)31(30(33)37-14-20-9-5-2-6-10-20)11-21-22(12-31)28-25-17-34-15-23(25)27(21)24-16-35-18-26(24)28/h1-10,23-28H,11-18H2. The van der Waals surface area contributed by atoms with Crippen molar-refractivity contribution in [2.24, 2.45) is 40.9 Å². The van der Waals surface area contributed by atoms with Gasteiger partial charge < -0.3 is 18.9 Å². The topological polar surface area (TPSA) is 71.1 Å². The van der Waals surface area contributed by atoms with Gasteiger partial charge in [-0.2, -0.15) is 0 Å². The quantitative estimate of drug-likeness (QED) is 0.334. The predicted molar refractivity (Wildman–Crippen MR) is 134 cm³/mol. The molecule has 4 atom stereocenters. The fraction of sp³-hybridized carbons (Fsp3) is 0.484. The van der Waals surface area contributed by atoms with E-state index in [0.29, 0.717) is 48.3 Å². The molecule has 8 rings (SSSR count). The molecule has 6 nitrogen and oxygen atoms in total. The molecule has 4 aliphatic carbocycles. The van der Waals surface area contributed by atoms with Crippen molar-refractivity contribution in [3.63, 3.8) is 0 Å². The van der Waals surface area contributed by atoms with Crippen LogP contribution in [0.15, 0.2) is 71.8 Å². The highest BCUT2D eigenvalue weighted by atomic mass is 16.6. The zero-order valence-electron chi connectivity index (χ0n) is 20.8. The summed E-state index contributed by atoms with van der Waals surface area (Å²) >= 11 is 0. The van der Waals surface area contributed by atoms with Gasteiger partial charge in [-0.15, -0.1) is 0 Å². The minimum Gasteiger partial charge on any atom is -0.460 e. The highest BCUT2D eigenvalue weighted by molar-refractivity contribution is 6.01. The van der Waals surface area contributed by atoms with Crippen molar-refractivity contribution in [2.75, 3.05) is 26.4 Å². The highest BCUT2D eigenvalue weighted by Crippen LogP contribution is 2.66. The van der Waals surface area contributed by atoms with Crippen LogP contribution in [0.5, 0.6) is 0 Å². The number of carbonyl (C=O) groups excluding carboxylic acids is 2. The number of rotatable bonds is 6. The van der Waals surface area contributed by atoms with Gasteiger partial charge in [-0.25, -0.2) is 0 Å². The largest absolute Gasteiger partial charge is 0.460 e. The molecule has 2 aromatic rings. The minimum atomic E-state index is -1.33. The van der Waals surface area contributed by atoms with Gasteiger partial charge in [0, 0.05) is 0 Å². The first-order chi connectivity index (χ1) is 18.2. The lowest BCUT2D eigenvalue weighted by atomic mass is 9.50. The lowest BCUT2D eigenvalue weighted by molar-refractivity contribution is -0.173. The van der Waals surface area contributed by atoms with E-state index in [9.17, 15) is 9.59 Å². The Morgan fingerprint density at radius 3 is 1.41 bits per heavy atom. The van der Waals surface area contributed by atoms with Crippen molar-refractivity contribution in [2.45, 2.75) is 26.1 Å². The fourth-order valence-electron chi connectivity index (χ4n) is 8.02. The molecule has 2 bridgehead atoms. The Kier molecular flexibility index (Phi) is 5.70. The van der Waals surface area contributed by atoms with Crippen LogP contribution in [-0.2, 0) is 41.8 Å². The SMILES string of the molecule is O=C(OCc1ccccc1)C1(C(=O)OCc2ccccc2)CC2=C(C1)C1C3COCC3C2C2COCC21. The maximum absolute atomic E-state index is 13.9. The van der Waals surface area contributed by atoms with Crippen LogP contribution in [0.25, 0.3) is 0 Å². The number of carbonyl (C=O) groups is 2. The van der Waals surface area contributed by atoms with Crippen LogP contribution < -0.4 is 0 Å². The second kappa shape index (κ2) is 9.10. The number of allylic oxidation sites excluding steroid dienone is 2. The Hall–Kier alpha value is -2.96. The van der Waals surface area contributed by atoms with Crippen LogP contribution in [0, 0.1) is 40.9 Å². The lowest BCUT2D eigenvalue weighted by Crippen LogP contribution is -2.50. The third-order valence-electron chi connectivity index (χ3n) is 9.59. The first-order valence-corrected chi connectivity index (χ1v) is 13.5. The van der Waals surface area contributed by atoms with Gasteiger partial charge in [0.1, 0.15) is 13.2 Å². The van der Waals surface area contributed by atoms with Gasteiger partial charge in [0.15, 0.2) is 5.41 Å². The van der Waals surface area contributed by atoms with Crippen LogP contribution in [0.1, 0.15) is 24.0 Å². The van der Waals surface area contributed by atoms with Crippen molar-refractivity contribution >= 4 is 11.9 Å². The third kappa shape index (κ3) is 3.68. The molecule has 4 unspecified atom stereocenters. The van der Waals surface area contributed by atoms with E-state index in [1.165, 1.54) is 11.1 Å². The Bertz CT molecular complexity index is 1110. The van der Waals surface area contributed by atoms with Crippen LogP contribution >= 0.6 is 0 Å². The molecule has 0 spiro atoms. The fourth-order valence-corrected chi connectivity index (χ4v) is 8.02. The molecule has 6 heteroatoms. The number of esters is 2. The highest BCUT2D eigenvalue weighted by Gasteiger charge is 2.66. The molecule has 0 radical (unpaired) electrons. The third-order valence-corrected chi connectivity index (χ3v) is 9.59. The Morgan fingerprint density at radius 2 is 1.03 bits per heavy atom. The zero-order chi connectivity index (χ0) is 25.0. The normalized spacial score (nSPS) is 32.5. The first-order valence-electron chi connectivity index (χ1n) is 13.5. The molecule has 0 N–H and O–H groups in total. The maximum Gasteiger partial charge on any atom is 0.324 e. The van der Waals surface area contributed by atoms with Crippen molar-refractivity contribution in [1.82, 2.24) is 0 Å². The number of hydrogen-bond donors (Lipinski definition) is 0. The number of hydrogen-bond acceptors (Lipinski definition) is 6. The van der Waals surface area contributed by atoms with Crippen molar-refractivity contribution in [3.8, 4) is 0 Å². The smallest absolute Gasteiger partial charge is 0.324 e. The molecule has 192 valence electrons. The molecule has 6 aliphatic rings. The summed E-state index contributed by atoms with van der Waals surface area (Å²) in [5.74, 6) is 1.48. The van der Waals surface area contributed by atoms with Gasteiger partial charge in [-0.3, -0.25) is 9.59 Å². The van der Waals surface area contributed by atoms with E-state index in [1.54, 1.807) is 0 Å². The van der Waals surface area contributed by atoms with Gasteiger partial charge in [0.2, 0.25) is 0 Å².